The highest BCUT2D eigenvalue weighted by atomic mass is 32.2. The lowest BCUT2D eigenvalue weighted by Gasteiger charge is -2.34. The van der Waals surface area contributed by atoms with Crippen LogP contribution in [0.1, 0.15) is 23.7 Å². The first-order valence-corrected chi connectivity index (χ1v) is 11.0. The highest BCUT2D eigenvalue weighted by Crippen LogP contribution is 2.24. The van der Waals surface area contributed by atoms with Crippen LogP contribution in [-0.4, -0.2) is 59.7 Å². The molecule has 1 aromatic heterocycles. The Balaban J connectivity index is 0.000000423. The second-order valence-electron chi connectivity index (χ2n) is 6.94. The maximum atomic E-state index is 13.9. The largest absolute Gasteiger partial charge is 0.490 e. The number of benzene rings is 1. The summed E-state index contributed by atoms with van der Waals surface area (Å²) in [5, 5.41) is 11.5. The number of carbonyl (C=O) groups is 1. The molecule has 2 N–H and O–H groups in total. The molecule has 1 aliphatic rings. The molecule has 0 aliphatic carbocycles. The quantitative estimate of drug-likeness (QED) is 0.633. The van der Waals surface area contributed by atoms with Crippen LogP contribution in [-0.2, 0) is 27.9 Å². The van der Waals surface area contributed by atoms with Crippen LogP contribution in [0.4, 0.5) is 17.6 Å². The zero-order valence-corrected chi connectivity index (χ0v) is 17.3. The number of nitrogens with zero attached hydrogens (tertiary/aromatic N) is 3. The highest BCUT2D eigenvalue weighted by Gasteiger charge is 2.38. The molecule has 0 bridgehead atoms. The molecule has 1 atom stereocenters. The molecule has 0 radical (unpaired) electrons. The Morgan fingerprint density at radius 3 is 2.52 bits per heavy atom. The van der Waals surface area contributed by atoms with Crippen LogP contribution in [0.25, 0.3) is 0 Å². The van der Waals surface area contributed by atoms with E-state index in [1.165, 1.54) is 6.07 Å². The van der Waals surface area contributed by atoms with Gasteiger partial charge in [-0.3, -0.25) is 9.58 Å². The number of nitrogens with one attached hydrogen (secondary N) is 1. The predicted octanol–water partition coefficient (Wildman–Crippen LogP) is 2.15. The number of carboxylic acid groups (broad SMARTS) is 1. The smallest absolute Gasteiger partial charge is 0.475 e. The lowest BCUT2D eigenvalue weighted by molar-refractivity contribution is -0.192. The number of halogens is 4. The second-order valence-corrected chi connectivity index (χ2v) is 8.77. The van der Waals surface area contributed by atoms with Gasteiger partial charge in [0.2, 0.25) is 10.0 Å². The number of alkyl halides is 3. The van der Waals surface area contributed by atoms with E-state index in [4.69, 9.17) is 9.90 Å². The van der Waals surface area contributed by atoms with Crippen LogP contribution in [0, 0.1) is 5.82 Å². The summed E-state index contributed by atoms with van der Waals surface area (Å²) in [5.41, 5.74) is 1.72. The van der Waals surface area contributed by atoms with Gasteiger partial charge in [0.15, 0.2) is 0 Å². The highest BCUT2D eigenvalue weighted by molar-refractivity contribution is 7.88. The Hall–Kier alpha value is -2.51. The first-order valence-electron chi connectivity index (χ1n) is 9.09. The third kappa shape index (κ3) is 7.92. The van der Waals surface area contributed by atoms with Gasteiger partial charge in [-0.2, -0.15) is 18.3 Å². The van der Waals surface area contributed by atoms with Crippen LogP contribution in [0.3, 0.4) is 0 Å². The first kappa shape index (κ1) is 24.8. The van der Waals surface area contributed by atoms with E-state index in [0.29, 0.717) is 38.2 Å². The van der Waals surface area contributed by atoms with Crippen molar-refractivity contribution in [1.82, 2.24) is 19.4 Å². The molecule has 0 saturated heterocycles. The van der Waals surface area contributed by atoms with Crippen molar-refractivity contribution in [2.45, 2.75) is 31.7 Å². The number of aliphatic carboxylic acids is 1. The number of sulfonamides is 1. The lowest BCUT2D eigenvalue weighted by atomic mass is 10.1. The van der Waals surface area contributed by atoms with Gasteiger partial charge < -0.3 is 5.11 Å². The van der Waals surface area contributed by atoms with Crippen molar-refractivity contribution in [3.05, 3.63) is 53.6 Å². The van der Waals surface area contributed by atoms with Crippen LogP contribution in [0.2, 0.25) is 0 Å². The Labute approximate surface area is 176 Å². The van der Waals surface area contributed by atoms with Crippen molar-refractivity contribution in [3.63, 3.8) is 0 Å². The summed E-state index contributed by atoms with van der Waals surface area (Å²) in [7, 11) is -3.20. The fraction of sp³-hybridized carbons (Fsp3) is 0.444. The molecular formula is C18H22F4N4O4S. The Morgan fingerprint density at radius 1 is 1.29 bits per heavy atom. The van der Waals surface area contributed by atoms with Gasteiger partial charge >= 0.3 is 12.1 Å². The van der Waals surface area contributed by atoms with Crippen LogP contribution >= 0.6 is 0 Å². The van der Waals surface area contributed by atoms with Gasteiger partial charge in [0.05, 0.1) is 18.0 Å². The predicted molar refractivity (Wildman–Crippen MR) is 103 cm³/mol. The number of hydrogen-bond donors (Lipinski definition) is 2. The molecule has 172 valence electrons. The minimum absolute atomic E-state index is 0.0600. The molecule has 1 unspecified atom stereocenters. The molecule has 0 amide bonds. The fourth-order valence-electron chi connectivity index (χ4n) is 3.08. The molecular weight excluding hydrogens is 444 g/mol. The van der Waals surface area contributed by atoms with E-state index in [0.717, 1.165) is 11.9 Å². The Kier molecular flexibility index (Phi) is 8.14. The third-order valence-corrected chi connectivity index (χ3v) is 5.12. The molecule has 3 rings (SSSR count). The molecule has 2 heterocycles. The normalized spacial score (nSPS) is 16.9. The number of rotatable bonds is 6. The summed E-state index contributed by atoms with van der Waals surface area (Å²) in [6, 6.07) is 8.79. The third-order valence-electron chi connectivity index (χ3n) is 4.39. The summed E-state index contributed by atoms with van der Waals surface area (Å²) >= 11 is 0. The first-order chi connectivity index (χ1) is 14.4. The van der Waals surface area contributed by atoms with E-state index < -0.39 is 22.2 Å². The van der Waals surface area contributed by atoms with E-state index in [9.17, 15) is 26.0 Å². The monoisotopic (exact) mass is 466 g/mol. The van der Waals surface area contributed by atoms with Crippen molar-refractivity contribution >= 4 is 16.0 Å². The lowest BCUT2D eigenvalue weighted by Crippen LogP contribution is -2.39. The number of aromatic nitrogens is 2. The zero-order chi connectivity index (χ0) is 23.2. The van der Waals surface area contributed by atoms with Gasteiger partial charge in [0.25, 0.3) is 0 Å². The van der Waals surface area contributed by atoms with Gasteiger partial charge in [-0.15, -0.1) is 0 Å². The number of hydrogen-bond acceptors (Lipinski definition) is 5. The molecule has 1 aliphatic heterocycles. The average Bonchev–Trinajstić information content (AvgIpc) is 3.11. The molecule has 0 fully saturated rings. The van der Waals surface area contributed by atoms with Crippen LogP contribution in [0.15, 0.2) is 36.5 Å². The summed E-state index contributed by atoms with van der Waals surface area (Å²) in [5.74, 6) is -2.96. The fourth-order valence-corrected chi connectivity index (χ4v) is 3.57. The van der Waals surface area contributed by atoms with E-state index in [2.05, 4.69) is 14.7 Å². The minimum Gasteiger partial charge on any atom is -0.475 e. The second kappa shape index (κ2) is 10.2. The zero-order valence-electron chi connectivity index (χ0n) is 16.5. The summed E-state index contributed by atoms with van der Waals surface area (Å²) in [4.78, 5) is 11.1. The van der Waals surface area contributed by atoms with Crippen molar-refractivity contribution in [3.8, 4) is 0 Å². The van der Waals surface area contributed by atoms with E-state index in [1.807, 2.05) is 16.8 Å². The van der Waals surface area contributed by atoms with Gasteiger partial charge in [-0.05, 0) is 18.6 Å². The van der Waals surface area contributed by atoms with Crippen molar-refractivity contribution in [2.24, 2.45) is 0 Å². The van der Waals surface area contributed by atoms with Crippen LogP contribution in [0.5, 0.6) is 0 Å². The van der Waals surface area contributed by atoms with Gasteiger partial charge in [0.1, 0.15) is 5.82 Å². The molecule has 31 heavy (non-hydrogen) atoms. The maximum absolute atomic E-state index is 13.9. The van der Waals surface area contributed by atoms with E-state index >= 15 is 0 Å². The standard InChI is InChI=1S/C16H21FN4O2S.C2HF3O2/c1-24(22,23)19-9-7-15-12-20(11-14-6-8-18-21(14)15)10-13-4-2-3-5-16(13)17;3-2(4,5)1(6)7/h2-6,8,15,19H,7,9-12H2,1H3;(H,6,7). The molecule has 0 spiro atoms. The van der Waals surface area contributed by atoms with Gasteiger partial charge in [0, 0.05) is 37.9 Å². The number of fused-ring (bicyclic) bond motifs is 1. The topological polar surface area (TPSA) is 105 Å². The molecule has 2 aromatic rings. The van der Waals surface area contributed by atoms with Crippen molar-refractivity contribution in [1.29, 1.82) is 0 Å². The Bertz CT molecular complexity index is 994. The van der Waals surface area contributed by atoms with E-state index in [1.54, 1.807) is 18.3 Å². The summed E-state index contributed by atoms with van der Waals surface area (Å²) in [6.07, 6.45) is -1.55. The van der Waals surface area contributed by atoms with Crippen molar-refractivity contribution < 1.29 is 35.9 Å². The van der Waals surface area contributed by atoms with Crippen LogP contribution < -0.4 is 4.72 Å². The number of carboxylic acids is 1. The molecule has 0 saturated carbocycles. The van der Waals surface area contributed by atoms with Crippen molar-refractivity contribution in [2.75, 3.05) is 19.3 Å². The van der Waals surface area contributed by atoms with Gasteiger partial charge in [-0.25, -0.2) is 22.3 Å². The summed E-state index contributed by atoms with van der Waals surface area (Å²) in [6.45, 7) is 2.28. The molecule has 1 aromatic carbocycles. The van der Waals surface area contributed by atoms with E-state index in [-0.39, 0.29) is 11.9 Å². The Morgan fingerprint density at radius 2 is 1.94 bits per heavy atom. The average molecular weight is 466 g/mol. The molecule has 13 heteroatoms. The SMILES string of the molecule is CS(=O)(=O)NCCC1CN(Cc2ccccc2F)Cc2ccnn21.O=C(O)C(F)(F)F. The maximum Gasteiger partial charge on any atom is 0.490 e. The van der Waals surface area contributed by atoms with Gasteiger partial charge in [-0.1, -0.05) is 18.2 Å². The minimum atomic E-state index is -5.08. The summed E-state index contributed by atoms with van der Waals surface area (Å²) < 4.78 is 72.5. The molecule has 8 nitrogen and oxygen atoms in total.